The SMILES string of the molecule is Cc1ccc2oc(=O)n(CCC(=O)N(C)C(C)c3c(C)n[nH]c3C)c2c1. The van der Waals surface area contributed by atoms with Crippen LogP contribution in [0.1, 0.15) is 41.9 Å². The summed E-state index contributed by atoms with van der Waals surface area (Å²) in [4.78, 5) is 26.5. The molecule has 0 radical (unpaired) electrons. The average Bonchev–Trinajstić information content (AvgIpc) is 3.09. The van der Waals surface area contributed by atoms with Crippen molar-refractivity contribution < 1.29 is 9.21 Å². The molecule has 7 nitrogen and oxygen atoms in total. The Morgan fingerprint density at radius 3 is 2.73 bits per heavy atom. The normalized spacial score (nSPS) is 12.5. The fourth-order valence-electron chi connectivity index (χ4n) is 3.35. The van der Waals surface area contributed by atoms with Crippen LogP contribution in [0.3, 0.4) is 0 Å². The molecule has 1 N–H and O–H groups in total. The average molecular weight is 356 g/mol. The fourth-order valence-corrected chi connectivity index (χ4v) is 3.35. The standard InChI is InChI=1S/C19H24N4O3/c1-11-6-7-16-15(10-11)23(19(25)26-16)9-8-17(24)22(5)14(4)18-12(2)20-21-13(18)3/h6-7,10,14H,8-9H2,1-5H3,(H,20,21). The Bertz CT molecular complexity index is 992. The van der Waals surface area contributed by atoms with Gasteiger partial charge in [0.2, 0.25) is 5.91 Å². The molecule has 0 bridgehead atoms. The molecule has 26 heavy (non-hydrogen) atoms. The van der Waals surface area contributed by atoms with Crippen LogP contribution in [0.2, 0.25) is 0 Å². The molecule has 0 aliphatic heterocycles. The third-order valence-corrected chi connectivity index (χ3v) is 4.95. The third kappa shape index (κ3) is 3.16. The van der Waals surface area contributed by atoms with E-state index in [4.69, 9.17) is 4.42 Å². The number of oxazole rings is 1. The van der Waals surface area contributed by atoms with Gasteiger partial charge in [-0.15, -0.1) is 0 Å². The van der Waals surface area contributed by atoms with E-state index < -0.39 is 5.76 Å². The summed E-state index contributed by atoms with van der Waals surface area (Å²) in [5, 5.41) is 7.15. The molecule has 3 rings (SSSR count). The number of fused-ring (bicyclic) bond motifs is 1. The summed E-state index contributed by atoms with van der Waals surface area (Å²) in [6.07, 6.45) is 0.221. The van der Waals surface area contributed by atoms with Crippen molar-refractivity contribution in [3.63, 3.8) is 0 Å². The summed E-state index contributed by atoms with van der Waals surface area (Å²) in [5.41, 5.74) is 5.18. The van der Waals surface area contributed by atoms with Crippen molar-refractivity contribution in [3.8, 4) is 0 Å². The zero-order valence-corrected chi connectivity index (χ0v) is 15.8. The van der Waals surface area contributed by atoms with Crippen LogP contribution in [0.5, 0.6) is 0 Å². The van der Waals surface area contributed by atoms with Crippen LogP contribution >= 0.6 is 0 Å². The van der Waals surface area contributed by atoms with Crippen LogP contribution in [0.25, 0.3) is 11.1 Å². The molecular weight excluding hydrogens is 332 g/mol. The van der Waals surface area contributed by atoms with Crippen molar-refractivity contribution in [2.45, 2.75) is 46.7 Å². The highest BCUT2D eigenvalue weighted by atomic mass is 16.4. The first-order valence-electron chi connectivity index (χ1n) is 8.66. The number of aromatic amines is 1. The van der Waals surface area contributed by atoms with Gasteiger partial charge in [0.15, 0.2) is 5.58 Å². The first-order chi connectivity index (χ1) is 12.3. The quantitative estimate of drug-likeness (QED) is 0.762. The molecule has 1 aromatic carbocycles. The molecule has 3 aromatic rings. The van der Waals surface area contributed by atoms with E-state index in [0.29, 0.717) is 5.58 Å². The van der Waals surface area contributed by atoms with Gasteiger partial charge in [-0.05, 0) is 45.4 Å². The van der Waals surface area contributed by atoms with Gasteiger partial charge in [-0.3, -0.25) is 14.5 Å². The number of nitrogens with one attached hydrogen (secondary N) is 1. The van der Waals surface area contributed by atoms with Crippen LogP contribution < -0.4 is 5.76 Å². The number of hydrogen-bond donors (Lipinski definition) is 1. The van der Waals surface area contributed by atoms with Crippen molar-refractivity contribution in [1.82, 2.24) is 19.7 Å². The van der Waals surface area contributed by atoms with Crippen LogP contribution in [0.4, 0.5) is 0 Å². The van der Waals surface area contributed by atoms with Crippen molar-refractivity contribution in [2.75, 3.05) is 7.05 Å². The Hall–Kier alpha value is -2.83. The Labute approximate surface area is 151 Å². The molecule has 1 atom stereocenters. The molecule has 0 fully saturated rings. The predicted molar refractivity (Wildman–Crippen MR) is 99.1 cm³/mol. The zero-order valence-electron chi connectivity index (χ0n) is 15.8. The minimum atomic E-state index is -0.435. The smallest absolute Gasteiger partial charge is 0.408 e. The van der Waals surface area contributed by atoms with E-state index in [-0.39, 0.29) is 24.9 Å². The topological polar surface area (TPSA) is 84.1 Å². The van der Waals surface area contributed by atoms with Crippen LogP contribution in [0.15, 0.2) is 27.4 Å². The van der Waals surface area contributed by atoms with Crippen LogP contribution in [0, 0.1) is 20.8 Å². The number of amides is 1. The van der Waals surface area contributed by atoms with E-state index in [9.17, 15) is 9.59 Å². The Morgan fingerprint density at radius 2 is 2.08 bits per heavy atom. The first kappa shape index (κ1) is 18.0. The molecule has 2 heterocycles. The van der Waals surface area contributed by atoms with Gasteiger partial charge in [-0.2, -0.15) is 5.10 Å². The van der Waals surface area contributed by atoms with Crippen LogP contribution in [-0.2, 0) is 11.3 Å². The zero-order chi connectivity index (χ0) is 19.0. The number of rotatable bonds is 5. The maximum absolute atomic E-state index is 12.7. The number of benzene rings is 1. The Morgan fingerprint density at radius 1 is 1.35 bits per heavy atom. The van der Waals surface area contributed by atoms with Gasteiger partial charge in [0, 0.05) is 31.3 Å². The predicted octanol–water partition coefficient (Wildman–Crippen LogP) is 2.85. The lowest BCUT2D eigenvalue weighted by atomic mass is 10.1. The number of aromatic nitrogens is 3. The minimum Gasteiger partial charge on any atom is -0.408 e. The number of carbonyl (C=O) groups is 1. The summed E-state index contributed by atoms with van der Waals surface area (Å²) in [5.74, 6) is -0.470. The van der Waals surface area contributed by atoms with E-state index in [1.54, 1.807) is 18.0 Å². The van der Waals surface area contributed by atoms with Gasteiger partial charge in [0.25, 0.3) is 0 Å². The molecule has 7 heteroatoms. The molecule has 0 saturated heterocycles. The monoisotopic (exact) mass is 356 g/mol. The van der Waals surface area contributed by atoms with E-state index in [1.165, 1.54) is 4.57 Å². The second-order valence-corrected chi connectivity index (χ2v) is 6.77. The molecular formula is C19H24N4O3. The van der Waals surface area contributed by atoms with Gasteiger partial charge in [-0.25, -0.2) is 4.79 Å². The van der Waals surface area contributed by atoms with Crippen molar-refractivity contribution in [2.24, 2.45) is 0 Å². The Balaban J connectivity index is 1.76. The second kappa shape index (κ2) is 6.82. The highest BCUT2D eigenvalue weighted by molar-refractivity contribution is 5.77. The van der Waals surface area contributed by atoms with E-state index in [0.717, 1.165) is 28.0 Å². The molecule has 138 valence electrons. The highest BCUT2D eigenvalue weighted by Crippen LogP contribution is 2.24. The van der Waals surface area contributed by atoms with E-state index in [1.807, 2.05) is 39.8 Å². The number of aryl methyl sites for hydroxylation is 4. The summed E-state index contributed by atoms with van der Waals surface area (Å²) >= 11 is 0. The van der Waals surface area contributed by atoms with Crippen molar-refractivity contribution >= 4 is 17.0 Å². The number of nitrogens with zero attached hydrogens (tertiary/aromatic N) is 3. The molecule has 1 amide bonds. The summed E-state index contributed by atoms with van der Waals surface area (Å²) < 4.78 is 6.78. The summed E-state index contributed by atoms with van der Waals surface area (Å²) in [7, 11) is 1.78. The molecule has 0 aliphatic carbocycles. The van der Waals surface area contributed by atoms with E-state index in [2.05, 4.69) is 10.2 Å². The van der Waals surface area contributed by atoms with E-state index >= 15 is 0 Å². The molecule has 0 aliphatic rings. The molecule has 2 aromatic heterocycles. The maximum Gasteiger partial charge on any atom is 0.419 e. The van der Waals surface area contributed by atoms with Gasteiger partial charge < -0.3 is 9.32 Å². The minimum absolute atomic E-state index is 0.0357. The summed E-state index contributed by atoms with van der Waals surface area (Å²) in [6.45, 7) is 8.09. The Kier molecular flexibility index (Phi) is 4.71. The lowest BCUT2D eigenvalue weighted by molar-refractivity contribution is -0.132. The third-order valence-electron chi connectivity index (χ3n) is 4.95. The lowest BCUT2D eigenvalue weighted by Crippen LogP contribution is -2.31. The number of hydrogen-bond acceptors (Lipinski definition) is 4. The molecule has 1 unspecified atom stereocenters. The van der Waals surface area contributed by atoms with Gasteiger partial charge in [0.05, 0.1) is 17.3 Å². The molecule has 0 saturated carbocycles. The van der Waals surface area contributed by atoms with Crippen molar-refractivity contribution in [3.05, 3.63) is 51.3 Å². The number of carbonyl (C=O) groups excluding carboxylic acids is 1. The summed E-state index contributed by atoms with van der Waals surface area (Å²) in [6, 6.07) is 5.48. The highest BCUT2D eigenvalue weighted by Gasteiger charge is 2.22. The largest absolute Gasteiger partial charge is 0.419 e. The lowest BCUT2D eigenvalue weighted by Gasteiger charge is -2.25. The van der Waals surface area contributed by atoms with Crippen molar-refractivity contribution in [1.29, 1.82) is 0 Å². The molecule has 0 spiro atoms. The number of H-pyrrole nitrogens is 1. The van der Waals surface area contributed by atoms with Crippen LogP contribution in [-0.4, -0.2) is 32.6 Å². The van der Waals surface area contributed by atoms with Gasteiger partial charge >= 0.3 is 5.76 Å². The fraction of sp³-hybridized carbons (Fsp3) is 0.421. The van der Waals surface area contributed by atoms with Gasteiger partial charge in [0.1, 0.15) is 0 Å². The first-order valence-corrected chi connectivity index (χ1v) is 8.66. The maximum atomic E-state index is 12.7. The van der Waals surface area contributed by atoms with Gasteiger partial charge in [-0.1, -0.05) is 6.07 Å². The second-order valence-electron chi connectivity index (χ2n) is 6.77.